The molecule has 1 aromatic rings. The highest BCUT2D eigenvalue weighted by atomic mass is 35.5. The fraction of sp³-hybridized carbons (Fsp3) is 0.600. The van der Waals surface area contributed by atoms with Gasteiger partial charge in [-0.25, -0.2) is 0 Å². The molecule has 2 atom stereocenters. The maximum absolute atomic E-state index is 5.32. The number of halogens is 2. The van der Waals surface area contributed by atoms with E-state index in [1.807, 2.05) is 0 Å². The van der Waals surface area contributed by atoms with Crippen molar-refractivity contribution in [3.63, 3.8) is 0 Å². The first-order valence-electron chi connectivity index (χ1n) is 9.10. The highest BCUT2D eigenvalue weighted by Gasteiger charge is 2.40. The van der Waals surface area contributed by atoms with E-state index in [4.69, 9.17) is 4.74 Å². The Labute approximate surface area is 164 Å². The molecule has 1 N–H and O–H groups in total. The zero-order valence-corrected chi connectivity index (χ0v) is 16.5. The first-order chi connectivity index (χ1) is 11.3. The van der Waals surface area contributed by atoms with Crippen molar-refractivity contribution in [2.75, 3.05) is 26.3 Å². The van der Waals surface area contributed by atoms with E-state index in [1.54, 1.807) is 0 Å². The normalized spacial score (nSPS) is 27.8. The standard InChI is InChI=1S/C20H28N2O.2ClH/c1-15(11-16-5-3-2-4-6-16)19-12-20(19)21-17-7-9-22(10-8-17)18-13-23-14-18;;/h2-6,11,17-21H,7-10,12-14H2,1H3;2*1H/t19-,20+;;/m0../s1. The van der Waals surface area contributed by atoms with Gasteiger partial charge in [0.2, 0.25) is 0 Å². The highest BCUT2D eigenvalue weighted by Crippen LogP contribution is 2.38. The molecule has 4 rings (SSSR count). The van der Waals surface area contributed by atoms with Gasteiger partial charge in [-0.3, -0.25) is 4.90 Å². The van der Waals surface area contributed by atoms with Gasteiger partial charge in [0.1, 0.15) is 0 Å². The zero-order chi connectivity index (χ0) is 15.6. The lowest BCUT2D eigenvalue weighted by molar-refractivity contribution is -0.0719. The summed E-state index contributed by atoms with van der Waals surface area (Å²) in [5.74, 6) is 0.744. The molecule has 2 aliphatic heterocycles. The summed E-state index contributed by atoms with van der Waals surface area (Å²) >= 11 is 0. The number of nitrogens with zero attached hydrogens (tertiary/aromatic N) is 1. The van der Waals surface area contributed by atoms with E-state index in [0.717, 1.165) is 19.1 Å². The van der Waals surface area contributed by atoms with E-state index in [1.165, 1.54) is 43.5 Å². The third-order valence-electron chi connectivity index (χ3n) is 5.69. The Morgan fingerprint density at radius 3 is 2.40 bits per heavy atom. The number of benzene rings is 1. The fourth-order valence-electron chi connectivity index (χ4n) is 3.97. The minimum atomic E-state index is 0. The first kappa shape index (κ1) is 20.7. The summed E-state index contributed by atoms with van der Waals surface area (Å²) < 4.78 is 5.32. The average molecular weight is 385 g/mol. The smallest absolute Gasteiger partial charge is 0.0645 e. The Morgan fingerprint density at radius 2 is 1.80 bits per heavy atom. The summed E-state index contributed by atoms with van der Waals surface area (Å²) in [4.78, 5) is 2.62. The number of hydrogen-bond acceptors (Lipinski definition) is 3. The highest BCUT2D eigenvalue weighted by molar-refractivity contribution is 5.85. The molecular weight excluding hydrogens is 355 g/mol. The Balaban J connectivity index is 0.00000113. The Morgan fingerprint density at radius 1 is 1.12 bits per heavy atom. The number of piperidine rings is 1. The van der Waals surface area contributed by atoms with Crippen LogP contribution in [0.3, 0.4) is 0 Å². The summed E-state index contributed by atoms with van der Waals surface area (Å²) in [6, 6.07) is 12.8. The van der Waals surface area contributed by atoms with Gasteiger partial charge in [-0.15, -0.1) is 24.8 Å². The van der Waals surface area contributed by atoms with Gasteiger partial charge in [0, 0.05) is 25.2 Å². The predicted molar refractivity (Wildman–Crippen MR) is 109 cm³/mol. The topological polar surface area (TPSA) is 24.5 Å². The van der Waals surface area contributed by atoms with Gasteiger partial charge in [0.25, 0.3) is 0 Å². The van der Waals surface area contributed by atoms with Crippen LogP contribution >= 0.6 is 24.8 Å². The van der Waals surface area contributed by atoms with Crippen LogP contribution in [0.25, 0.3) is 6.08 Å². The van der Waals surface area contributed by atoms with Gasteiger partial charge in [-0.05, 0) is 37.7 Å². The van der Waals surface area contributed by atoms with E-state index in [0.29, 0.717) is 18.1 Å². The minimum absolute atomic E-state index is 0. The predicted octanol–water partition coefficient (Wildman–Crippen LogP) is 3.77. The van der Waals surface area contributed by atoms with Gasteiger partial charge < -0.3 is 10.1 Å². The van der Waals surface area contributed by atoms with Crippen LogP contribution in [-0.2, 0) is 4.74 Å². The second-order valence-electron chi connectivity index (χ2n) is 7.42. The number of likely N-dealkylation sites (tertiary alicyclic amines) is 1. The minimum Gasteiger partial charge on any atom is -0.378 e. The molecule has 3 fully saturated rings. The lowest BCUT2D eigenvalue weighted by Crippen LogP contribution is -2.54. The SMILES string of the molecule is CC(=Cc1ccccc1)[C@@H]1C[C@H]1NC1CCN(C2COC2)CC1.Cl.Cl. The summed E-state index contributed by atoms with van der Waals surface area (Å²) in [6.07, 6.45) is 6.25. The molecule has 2 saturated heterocycles. The number of rotatable bonds is 5. The van der Waals surface area contributed by atoms with Crippen molar-refractivity contribution in [2.45, 2.75) is 44.3 Å². The Bertz CT molecular complexity index is 554. The molecule has 1 aromatic carbocycles. The van der Waals surface area contributed by atoms with Gasteiger partial charge in [0.05, 0.1) is 19.3 Å². The fourth-order valence-corrected chi connectivity index (χ4v) is 3.97. The third-order valence-corrected chi connectivity index (χ3v) is 5.69. The molecule has 2 heterocycles. The second kappa shape index (κ2) is 9.38. The summed E-state index contributed by atoms with van der Waals surface area (Å²) in [7, 11) is 0. The van der Waals surface area contributed by atoms with E-state index >= 15 is 0 Å². The Hall–Kier alpha value is -0.580. The molecule has 3 nitrogen and oxygen atoms in total. The molecule has 0 aromatic heterocycles. The van der Waals surface area contributed by atoms with Crippen molar-refractivity contribution >= 4 is 30.9 Å². The molecular formula is C20H30Cl2N2O. The van der Waals surface area contributed by atoms with Gasteiger partial charge in [0.15, 0.2) is 0 Å². The van der Waals surface area contributed by atoms with Crippen molar-refractivity contribution in [3.8, 4) is 0 Å². The number of nitrogens with one attached hydrogen (secondary N) is 1. The van der Waals surface area contributed by atoms with Crippen molar-refractivity contribution in [1.29, 1.82) is 0 Å². The van der Waals surface area contributed by atoms with Crippen LogP contribution in [0, 0.1) is 5.92 Å². The van der Waals surface area contributed by atoms with E-state index < -0.39 is 0 Å². The summed E-state index contributed by atoms with van der Waals surface area (Å²) in [6.45, 7) is 6.67. The van der Waals surface area contributed by atoms with E-state index in [2.05, 4.69) is 53.5 Å². The molecule has 0 radical (unpaired) electrons. The molecule has 0 bridgehead atoms. The third kappa shape index (κ3) is 5.21. The van der Waals surface area contributed by atoms with Gasteiger partial charge in [-0.1, -0.05) is 42.0 Å². The van der Waals surface area contributed by atoms with Crippen LogP contribution in [0.5, 0.6) is 0 Å². The van der Waals surface area contributed by atoms with Crippen LogP contribution in [0.2, 0.25) is 0 Å². The molecule has 5 heteroatoms. The first-order valence-corrected chi connectivity index (χ1v) is 9.10. The molecule has 25 heavy (non-hydrogen) atoms. The van der Waals surface area contributed by atoms with Crippen molar-refractivity contribution in [2.24, 2.45) is 5.92 Å². The molecule has 3 aliphatic rings. The van der Waals surface area contributed by atoms with Gasteiger partial charge >= 0.3 is 0 Å². The lowest BCUT2D eigenvalue weighted by Gasteiger charge is -2.41. The summed E-state index contributed by atoms with van der Waals surface area (Å²) in [5, 5.41) is 3.91. The molecule has 0 amide bonds. The monoisotopic (exact) mass is 384 g/mol. The largest absolute Gasteiger partial charge is 0.378 e. The summed E-state index contributed by atoms with van der Waals surface area (Å²) in [5.41, 5.74) is 2.85. The van der Waals surface area contributed by atoms with E-state index in [-0.39, 0.29) is 24.8 Å². The number of ether oxygens (including phenoxy) is 1. The van der Waals surface area contributed by atoms with Crippen molar-refractivity contribution in [3.05, 3.63) is 41.5 Å². The van der Waals surface area contributed by atoms with Crippen LogP contribution in [0.1, 0.15) is 31.7 Å². The Kier molecular flexibility index (Phi) is 7.78. The molecule has 140 valence electrons. The molecule has 1 aliphatic carbocycles. The molecule has 0 unspecified atom stereocenters. The van der Waals surface area contributed by atoms with Crippen LogP contribution in [-0.4, -0.2) is 49.3 Å². The maximum atomic E-state index is 5.32. The molecule has 0 spiro atoms. The van der Waals surface area contributed by atoms with E-state index in [9.17, 15) is 0 Å². The van der Waals surface area contributed by atoms with Crippen molar-refractivity contribution < 1.29 is 4.74 Å². The van der Waals surface area contributed by atoms with Gasteiger partial charge in [-0.2, -0.15) is 0 Å². The average Bonchev–Trinajstić information content (AvgIpc) is 3.28. The zero-order valence-electron chi connectivity index (χ0n) is 14.9. The number of hydrogen-bond donors (Lipinski definition) is 1. The van der Waals surface area contributed by atoms with Crippen LogP contribution in [0.15, 0.2) is 35.9 Å². The quantitative estimate of drug-likeness (QED) is 0.835. The second-order valence-corrected chi connectivity index (χ2v) is 7.42. The van der Waals surface area contributed by atoms with Crippen molar-refractivity contribution in [1.82, 2.24) is 10.2 Å². The molecule has 1 saturated carbocycles. The van der Waals surface area contributed by atoms with Crippen LogP contribution < -0.4 is 5.32 Å². The van der Waals surface area contributed by atoms with Crippen LogP contribution in [0.4, 0.5) is 0 Å². The lowest BCUT2D eigenvalue weighted by atomic mass is 10.0. The maximum Gasteiger partial charge on any atom is 0.0645 e.